The molecule has 3 heterocycles. The summed E-state index contributed by atoms with van der Waals surface area (Å²) >= 11 is 0. The number of aliphatic carboxylic acids is 1. The summed E-state index contributed by atoms with van der Waals surface area (Å²) in [6.45, 7) is 1.12. The first-order chi connectivity index (χ1) is 10.9. The summed E-state index contributed by atoms with van der Waals surface area (Å²) in [5.74, 6) is -2.23. The van der Waals surface area contributed by atoms with E-state index in [9.17, 15) is 19.5 Å². The van der Waals surface area contributed by atoms with E-state index in [4.69, 9.17) is 5.11 Å². The van der Waals surface area contributed by atoms with E-state index >= 15 is 0 Å². The number of rotatable bonds is 3. The molecule has 8 heteroatoms. The molecule has 1 aromatic rings. The molecule has 1 spiro atoms. The van der Waals surface area contributed by atoms with Crippen molar-refractivity contribution in [3.05, 3.63) is 23.9 Å². The zero-order valence-electron chi connectivity index (χ0n) is 12.4. The van der Waals surface area contributed by atoms with Crippen LogP contribution in [0.25, 0.3) is 0 Å². The van der Waals surface area contributed by atoms with Gasteiger partial charge in [-0.2, -0.15) is 0 Å². The standard InChI is InChI=1S/C15H17N3O5/c19-12-7-10(14(22)23)15(17-12)3-5-18(6-4-15)11-2-1-9(8-16-11)13(20)21/h1-2,8,10H,3-7H2,(H,17,19)(H,20,21)(H,22,23)/t10-/m1/s1. The third kappa shape index (κ3) is 2.71. The molecule has 3 N–H and O–H groups in total. The molecular weight excluding hydrogens is 302 g/mol. The van der Waals surface area contributed by atoms with Crippen LogP contribution in [0.1, 0.15) is 29.6 Å². The van der Waals surface area contributed by atoms with Crippen molar-refractivity contribution >= 4 is 23.7 Å². The van der Waals surface area contributed by atoms with Gasteiger partial charge in [0.25, 0.3) is 0 Å². The molecule has 0 radical (unpaired) electrons. The largest absolute Gasteiger partial charge is 0.481 e. The van der Waals surface area contributed by atoms with Crippen LogP contribution in [0.4, 0.5) is 5.82 Å². The Morgan fingerprint density at radius 2 is 1.96 bits per heavy atom. The van der Waals surface area contributed by atoms with E-state index in [0.717, 1.165) is 0 Å². The Morgan fingerprint density at radius 1 is 1.26 bits per heavy atom. The number of aromatic nitrogens is 1. The maximum atomic E-state index is 11.6. The molecule has 2 aliphatic heterocycles. The number of carboxylic acids is 2. The van der Waals surface area contributed by atoms with Crippen LogP contribution in [0.5, 0.6) is 0 Å². The van der Waals surface area contributed by atoms with Gasteiger partial charge in [0, 0.05) is 25.7 Å². The molecule has 1 aromatic heterocycles. The van der Waals surface area contributed by atoms with Crippen molar-refractivity contribution in [2.75, 3.05) is 18.0 Å². The number of hydrogen-bond acceptors (Lipinski definition) is 5. The van der Waals surface area contributed by atoms with E-state index in [1.165, 1.54) is 12.3 Å². The first-order valence-corrected chi connectivity index (χ1v) is 7.39. The molecule has 0 bridgehead atoms. The topological polar surface area (TPSA) is 120 Å². The van der Waals surface area contributed by atoms with Crippen LogP contribution in [0.3, 0.4) is 0 Å². The number of amides is 1. The number of hydrogen-bond donors (Lipinski definition) is 3. The van der Waals surface area contributed by atoms with E-state index in [1.54, 1.807) is 6.07 Å². The SMILES string of the molecule is O=C1C[C@H](C(=O)O)C2(CCN(c3ccc(C(=O)O)cn3)CC2)N1. The Labute approximate surface area is 132 Å². The molecule has 0 aromatic carbocycles. The van der Waals surface area contributed by atoms with Gasteiger partial charge in [0.15, 0.2) is 0 Å². The van der Waals surface area contributed by atoms with E-state index in [2.05, 4.69) is 10.3 Å². The Bertz CT molecular complexity index is 650. The second-order valence-corrected chi connectivity index (χ2v) is 6.00. The number of nitrogens with one attached hydrogen (secondary N) is 1. The lowest BCUT2D eigenvalue weighted by molar-refractivity contribution is -0.144. The van der Waals surface area contributed by atoms with Crippen LogP contribution in [-0.4, -0.2) is 51.7 Å². The average Bonchev–Trinajstić information content (AvgIpc) is 2.84. The number of pyridine rings is 1. The molecule has 2 saturated heterocycles. The number of carbonyl (C=O) groups is 3. The average molecular weight is 319 g/mol. The van der Waals surface area contributed by atoms with Gasteiger partial charge >= 0.3 is 11.9 Å². The van der Waals surface area contributed by atoms with Crippen LogP contribution < -0.4 is 10.2 Å². The normalized spacial score (nSPS) is 22.9. The smallest absolute Gasteiger partial charge is 0.337 e. The van der Waals surface area contributed by atoms with Crippen molar-refractivity contribution in [2.24, 2.45) is 5.92 Å². The molecule has 122 valence electrons. The molecular formula is C15H17N3O5. The predicted molar refractivity (Wildman–Crippen MR) is 79.3 cm³/mol. The van der Waals surface area contributed by atoms with E-state index in [1.807, 2.05) is 4.90 Å². The third-order valence-electron chi connectivity index (χ3n) is 4.72. The quantitative estimate of drug-likeness (QED) is 0.734. The van der Waals surface area contributed by atoms with Gasteiger partial charge in [0.1, 0.15) is 5.82 Å². The number of carboxylic acid groups (broad SMARTS) is 2. The predicted octanol–water partition coefficient (Wildman–Crippen LogP) is 0.339. The van der Waals surface area contributed by atoms with Crippen molar-refractivity contribution in [1.82, 2.24) is 10.3 Å². The molecule has 0 saturated carbocycles. The monoisotopic (exact) mass is 319 g/mol. The summed E-state index contributed by atoms with van der Waals surface area (Å²) in [6, 6.07) is 3.13. The first-order valence-electron chi connectivity index (χ1n) is 7.39. The van der Waals surface area contributed by atoms with Crippen LogP contribution in [-0.2, 0) is 9.59 Å². The highest BCUT2D eigenvalue weighted by atomic mass is 16.4. The van der Waals surface area contributed by atoms with Crippen LogP contribution in [0.15, 0.2) is 18.3 Å². The van der Waals surface area contributed by atoms with Crippen LogP contribution in [0, 0.1) is 5.92 Å². The number of aromatic carboxylic acids is 1. The molecule has 23 heavy (non-hydrogen) atoms. The molecule has 2 aliphatic rings. The lowest BCUT2D eigenvalue weighted by Crippen LogP contribution is -2.55. The summed E-state index contributed by atoms with van der Waals surface area (Å²) in [5.41, 5.74) is -0.559. The van der Waals surface area contributed by atoms with E-state index in [-0.39, 0.29) is 17.9 Å². The zero-order chi connectivity index (χ0) is 16.6. The van der Waals surface area contributed by atoms with Crippen molar-refractivity contribution in [2.45, 2.75) is 24.8 Å². The minimum atomic E-state index is -1.03. The zero-order valence-corrected chi connectivity index (χ0v) is 12.4. The number of anilines is 1. The molecule has 0 aliphatic carbocycles. The van der Waals surface area contributed by atoms with Gasteiger partial charge in [-0.05, 0) is 25.0 Å². The molecule has 3 rings (SSSR count). The summed E-state index contributed by atoms with van der Waals surface area (Å²) in [5, 5.41) is 21.1. The second-order valence-electron chi connectivity index (χ2n) is 6.00. The van der Waals surface area contributed by atoms with Gasteiger partial charge < -0.3 is 20.4 Å². The van der Waals surface area contributed by atoms with Crippen molar-refractivity contribution < 1.29 is 24.6 Å². The fourth-order valence-corrected chi connectivity index (χ4v) is 3.43. The van der Waals surface area contributed by atoms with Crippen molar-refractivity contribution in [3.63, 3.8) is 0 Å². The maximum Gasteiger partial charge on any atom is 0.337 e. The highest BCUT2D eigenvalue weighted by Gasteiger charge is 2.51. The molecule has 0 unspecified atom stereocenters. The lowest BCUT2D eigenvalue weighted by Gasteiger charge is -2.41. The molecule has 1 amide bonds. The van der Waals surface area contributed by atoms with Crippen molar-refractivity contribution in [3.8, 4) is 0 Å². The first kappa shape index (κ1) is 15.3. The summed E-state index contributed by atoms with van der Waals surface area (Å²) in [6.07, 6.45) is 2.39. The van der Waals surface area contributed by atoms with Gasteiger partial charge in [-0.15, -0.1) is 0 Å². The highest BCUT2D eigenvalue weighted by Crippen LogP contribution is 2.37. The summed E-state index contributed by atoms with van der Waals surface area (Å²) < 4.78 is 0. The molecule has 2 fully saturated rings. The Kier molecular flexibility index (Phi) is 3.67. The van der Waals surface area contributed by atoms with E-state index < -0.39 is 23.4 Å². The lowest BCUT2D eigenvalue weighted by atomic mass is 9.78. The van der Waals surface area contributed by atoms with Crippen molar-refractivity contribution in [1.29, 1.82) is 0 Å². The van der Waals surface area contributed by atoms with Crippen LogP contribution in [0.2, 0.25) is 0 Å². The van der Waals surface area contributed by atoms with Crippen LogP contribution >= 0.6 is 0 Å². The summed E-state index contributed by atoms with van der Waals surface area (Å²) in [4.78, 5) is 40.0. The highest BCUT2D eigenvalue weighted by molar-refractivity contribution is 5.88. The Morgan fingerprint density at radius 3 is 2.48 bits per heavy atom. The number of nitrogens with zero attached hydrogens (tertiary/aromatic N) is 2. The van der Waals surface area contributed by atoms with E-state index in [0.29, 0.717) is 31.7 Å². The van der Waals surface area contributed by atoms with Gasteiger partial charge in [0.05, 0.1) is 17.0 Å². The van der Waals surface area contributed by atoms with Gasteiger partial charge in [-0.1, -0.05) is 0 Å². The third-order valence-corrected chi connectivity index (χ3v) is 4.72. The van der Waals surface area contributed by atoms with Gasteiger partial charge in [0.2, 0.25) is 5.91 Å². The Hall–Kier alpha value is -2.64. The maximum absolute atomic E-state index is 11.6. The fourth-order valence-electron chi connectivity index (χ4n) is 3.43. The molecule has 8 nitrogen and oxygen atoms in total. The minimum Gasteiger partial charge on any atom is -0.481 e. The molecule has 1 atom stereocenters. The fraction of sp³-hybridized carbons (Fsp3) is 0.467. The van der Waals surface area contributed by atoms with Gasteiger partial charge in [-0.25, -0.2) is 9.78 Å². The van der Waals surface area contributed by atoms with Gasteiger partial charge in [-0.3, -0.25) is 9.59 Å². The number of carbonyl (C=O) groups excluding carboxylic acids is 1. The second kappa shape index (κ2) is 5.53. The minimum absolute atomic E-state index is 0.0287. The Balaban J connectivity index is 1.71. The summed E-state index contributed by atoms with van der Waals surface area (Å²) in [7, 11) is 0. The number of piperidine rings is 1.